The maximum atomic E-state index is 13.0. The fraction of sp³-hybridized carbons (Fsp3) is 0.452. The molecule has 2 saturated heterocycles. The first-order chi connectivity index (χ1) is 22.8. The summed E-state index contributed by atoms with van der Waals surface area (Å²) >= 11 is 0. The second-order valence-corrected chi connectivity index (χ2v) is 11.1. The lowest BCUT2D eigenvalue weighted by atomic mass is 9.99. The van der Waals surface area contributed by atoms with Crippen LogP contribution in [0.15, 0.2) is 51.7 Å². The fourth-order valence-corrected chi connectivity index (χ4v) is 5.26. The molecule has 7 N–H and O–H groups in total. The van der Waals surface area contributed by atoms with Gasteiger partial charge in [-0.3, -0.25) is 14.4 Å². The molecule has 0 radical (unpaired) electrons. The third kappa shape index (κ3) is 7.38. The summed E-state index contributed by atoms with van der Waals surface area (Å²) in [6.07, 6.45) is -15.1. The third-order valence-electron chi connectivity index (χ3n) is 7.67. The zero-order chi connectivity index (χ0) is 34.9. The number of carbonyl (C=O) groups is 2. The lowest BCUT2D eigenvalue weighted by Crippen LogP contribution is -2.61. The SMILES string of the molecule is CC(=O)OCC1OC(Oc2cc(O)c3c(=O)cc(-c4ccc(OC5OC(CO)C(O)C(O)C5O)cc4)oc3c2)C(O)C(O)C1OC(C)=O. The number of fused-ring (bicyclic) bond motifs is 1. The highest BCUT2D eigenvalue weighted by molar-refractivity contribution is 5.86. The normalized spacial score (nSPS) is 30.4. The smallest absolute Gasteiger partial charge is 0.303 e. The Morgan fingerprint density at radius 3 is 2.02 bits per heavy atom. The highest BCUT2D eigenvalue weighted by Crippen LogP contribution is 2.34. The highest BCUT2D eigenvalue weighted by atomic mass is 16.7. The standard InChI is InChI=1S/C31H34O17/c1-12(33)42-11-22-29(43-13(2)34)26(39)28(41)31(48-22)45-16-7-17(35)23-18(36)9-19(46-20(23)8-16)14-3-5-15(6-4-14)44-30-27(40)25(38)24(37)21(10-32)47-30/h3-9,21-22,24-32,35,37-41H,10-11H2,1-2H3. The monoisotopic (exact) mass is 678 g/mol. The molecule has 0 bridgehead atoms. The molecule has 5 rings (SSSR count). The number of hydrogen-bond acceptors (Lipinski definition) is 17. The largest absolute Gasteiger partial charge is 0.507 e. The van der Waals surface area contributed by atoms with Crippen LogP contribution in [0.3, 0.4) is 0 Å². The van der Waals surface area contributed by atoms with E-state index in [2.05, 4.69) is 0 Å². The predicted molar refractivity (Wildman–Crippen MR) is 157 cm³/mol. The van der Waals surface area contributed by atoms with Crippen molar-refractivity contribution >= 4 is 22.9 Å². The van der Waals surface area contributed by atoms with Gasteiger partial charge < -0.3 is 68.6 Å². The van der Waals surface area contributed by atoms with Gasteiger partial charge in [0, 0.05) is 37.6 Å². The van der Waals surface area contributed by atoms with Crippen molar-refractivity contribution in [3.05, 3.63) is 52.7 Å². The van der Waals surface area contributed by atoms with E-state index in [-0.39, 0.29) is 28.2 Å². The van der Waals surface area contributed by atoms with E-state index < -0.39 is 97.7 Å². The molecule has 17 heteroatoms. The van der Waals surface area contributed by atoms with Gasteiger partial charge in [-0.05, 0) is 24.3 Å². The molecule has 0 spiro atoms. The molecule has 10 unspecified atom stereocenters. The Kier molecular flexibility index (Phi) is 10.5. The van der Waals surface area contributed by atoms with Crippen LogP contribution in [-0.2, 0) is 28.5 Å². The van der Waals surface area contributed by atoms with Crippen molar-refractivity contribution in [2.45, 2.75) is 75.3 Å². The van der Waals surface area contributed by atoms with E-state index in [1.54, 1.807) is 0 Å². The minimum absolute atomic E-state index is 0.0542. The first kappa shape index (κ1) is 35.0. The van der Waals surface area contributed by atoms with Gasteiger partial charge in [0.05, 0.1) is 6.61 Å². The van der Waals surface area contributed by atoms with Crippen LogP contribution >= 0.6 is 0 Å². The highest BCUT2D eigenvalue weighted by Gasteiger charge is 2.48. The van der Waals surface area contributed by atoms with Crippen molar-refractivity contribution < 1.29 is 78.2 Å². The first-order valence-electron chi connectivity index (χ1n) is 14.6. The summed E-state index contributed by atoms with van der Waals surface area (Å²) in [7, 11) is 0. The summed E-state index contributed by atoms with van der Waals surface area (Å²) < 4.78 is 38.2. The summed E-state index contributed by atoms with van der Waals surface area (Å²) in [6.45, 7) is 1.13. The van der Waals surface area contributed by atoms with Crippen LogP contribution in [0.1, 0.15) is 13.8 Å². The number of benzene rings is 2. The van der Waals surface area contributed by atoms with E-state index in [1.165, 1.54) is 30.3 Å². The minimum atomic E-state index is -1.78. The quantitative estimate of drug-likeness (QED) is 0.129. The zero-order valence-corrected chi connectivity index (χ0v) is 25.4. The van der Waals surface area contributed by atoms with E-state index in [0.29, 0.717) is 5.56 Å². The van der Waals surface area contributed by atoms with Crippen LogP contribution < -0.4 is 14.9 Å². The number of ether oxygens (including phenoxy) is 6. The molecule has 48 heavy (non-hydrogen) atoms. The molecular weight excluding hydrogens is 644 g/mol. The van der Waals surface area contributed by atoms with E-state index in [1.807, 2.05) is 0 Å². The molecule has 10 atom stereocenters. The molecule has 1 aromatic heterocycles. The number of esters is 2. The Labute approximate surface area is 271 Å². The van der Waals surface area contributed by atoms with Gasteiger partial charge in [0.15, 0.2) is 11.5 Å². The molecule has 0 amide bonds. The number of phenolic OH excluding ortho intramolecular Hbond substituents is 1. The maximum Gasteiger partial charge on any atom is 0.303 e. The molecule has 0 aliphatic carbocycles. The number of rotatable bonds is 9. The van der Waals surface area contributed by atoms with Crippen molar-refractivity contribution in [1.29, 1.82) is 0 Å². The van der Waals surface area contributed by atoms with Crippen molar-refractivity contribution in [3.63, 3.8) is 0 Å². The summed E-state index contributed by atoms with van der Waals surface area (Å²) in [4.78, 5) is 35.9. The van der Waals surface area contributed by atoms with Crippen molar-refractivity contribution in [2.24, 2.45) is 0 Å². The molecule has 2 aliphatic heterocycles. The van der Waals surface area contributed by atoms with Crippen LogP contribution in [0.5, 0.6) is 17.2 Å². The van der Waals surface area contributed by atoms with Crippen molar-refractivity contribution in [2.75, 3.05) is 13.2 Å². The van der Waals surface area contributed by atoms with Gasteiger partial charge in [0.25, 0.3) is 0 Å². The molecule has 3 heterocycles. The van der Waals surface area contributed by atoms with E-state index in [4.69, 9.17) is 32.8 Å². The Morgan fingerprint density at radius 2 is 1.40 bits per heavy atom. The molecule has 0 saturated carbocycles. The van der Waals surface area contributed by atoms with Gasteiger partial charge in [-0.15, -0.1) is 0 Å². The summed E-state index contributed by atoms with van der Waals surface area (Å²) in [5, 5.41) is 71.4. The molecule has 2 aromatic carbocycles. The molecule has 2 fully saturated rings. The van der Waals surface area contributed by atoms with Crippen LogP contribution in [-0.4, -0.2) is 122 Å². The fourth-order valence-electron chi connectivity index (χ4n) is 5.26. The first-order valence-corrected chi connectivity index (χ1v) is 14.6. The Bertz CT molecular complexity index is 1670. The molecule has 260 valence electrons. The van der Waals surface area contributed by atoms with Crippen LogP contribution in [0.25, 0.3) is 22.3 Å². The topological polar surface area (TPSA) is 261 Å². The minimum Gasteiger partial charge on any atom is -0.507 e. The van der Waals surface area contributed by atoms with Crippen molar-refractivity contribution in [3.8, 4) is 28.6 Å². The summed E-state index contributed by atoms with van der Waals surface area (Å²) in [6, 6.07) is 9.32. The van der Waals surface area contributed by atoms with Crippen LogP contribution in [0, 0.1) is 0 Å². The van der Waals surface area contributed by atoms with E-state index >= 15 is 0 Å². The van der Waals surface area contributed by atoms with Crippen molar-refractivity contribution in [1.82, 2.24) is 0 Å². The number of aromatic hydroxyl groups is 1. The number of aliphatic hydroxyl groups is 6. The number of hydrogen-bond donors (Lipinski definition) is 7. The van der Waals surface area contributed by atoms with Gasteiger partial charge >= 0.3 is 11.9 Å². The molecular formula is C31H34O17. The zero-order valence-electron chi connectivity index (χ0n) is 25.4. The second-order valence-electron chi connectivity index (χ2n) is 11.1. The predicted octanol–water partition coefficient (Wildman–Crippen LogP) is -1.34. The van der Waals surface area contributed by atoms with Gasteiger partial charge in [-0.1, -0.05) is 0 Å². The van der Waals surface area contributed by atoms with E-state index in [0.717, 1.165) is 26.0 Å². The van der Waals surface area contributed by atoms with Gasteiger partial charge in [0.2, 0.25) is 12.6 Å². The lowest BCUT2D eigenvalue weighted by Gasteiger charge is -2.41. The van der Waals surface area contributed by atoms with E-state index in [9.17, 15) is 50.1 Å². The average molecular weight is 679 g/mol. The van der Waals surface area contributed by atoms with Crippen LogP contribution in [0.2, 0.25) is 0 Å². The average Bonchev–Trinajstić information content (AvgIpc) is 3.03. The van der Waals surface area contributed by atoms with Gasteiger partial charge in [0.1, 0.15) is 83.3 Å². The van der Waals surface area contributed by atoms with Gasteiger partial charge in [-0.2, -0.15) is 0 Å². The Morgan fingerprint density at radius 1 is 0.771 bits per heavy atom. The number of aliphatic hydroxyl groups excluding tert-OH is 6. The summed E-state index contributed by atoms with van der Waals surface area (Å²) in [5.41, 5.74) is -0.374. The third-order valence-corrected chi connectivity index (χ3v) is 7.67. The number of phenols is 1. The second kappa shape index (κ2) is 14.4. The maximum absolute atomic E-state index is 13.0. The lowest BCUT2D eigenvalue weighted by molar-refractivity contribution is -0.282. The van der Waals surface area contributed by atoms with Crippen LogP contribution in [0.4, 0.5) is 0 Å². The Hall–Kier alpha value is -4.33. The Balaban J connectivity index is 1.36. The number of carbonyl (C=O) groups excluding carboxylic acids is 2. The van der Waals surface area contributed by atoms with Gasteiger partial charge in [-0.25, -0.2) is 0 Å². The molecule has 17 nitrogen and oxygen atoms in total. The summed E-state index contributed by atoms with van der Waals surface area (Å²) in [5.74, 6) is -1.94. The molecule has 3 aromatic rings. The molecule has 2 aliphatic rings.